The van der Waals surface area contributed by atoms with E-state index in [2.05, 4.69) is 62.8 Å². The van der Waals surface area contributed by atoms with Gasteiger partial charge < -0.3 is 20.3 Å². The zero-order valence-electron chi connectivity index (χ0n) is 18.2. The van der Waals surface area contributed by atoms with Crippen molar-refractivity contribution in [1.82, 2.24) is 15.6 Å². The van der Waals surface area contributed by atoms with Gasteiger partial charge in [0.2, 0.25) is 0 Å². The summed E-state index contributed by atoms with van der Waals surface area (Å²) in [6.45, 7) is 6.52. The van der Waals surface area contributed by atoms with E-state index < -0.39 is 0 Å². The molecule has 0 spiro atoms. The number of anilines is 1. The molecular formula is C24H33N5O. The van der Waals surface area contributed by atoms with Gasteiger partial charge in [-0.05, 0) is 61.8 Å². The predicted molar refractivity (Wildman–Crippen MR) is 122 cm³/mol. The molecule has 0 bridgehead atoms. The molecule has 1 aliphatic carbocycles. The van der Waals surface area contributed by atoms with Crippen LogP contribution < -0.4 is 20.3 Å². The number of guanidine groups is 1. The second-order valence-electron chi connectivity index (χ2n) is 8.36. The van der Waals surface area contributed by atoms with Crippen LogP contribution in [-0.4, -0.2) is 37.7 Å². The third-order valence-electron chi connectivity index (χ3n) is 5.76. The summed E-state index contributed by atoms with van der Waals surface area (Å²) in [6.07, 6.45) is 7.08. The van der Waals surface area contributed by atoms with Crippen LogP contribution in [0.1, 0.15) is 42.4 Å². The number of hydrogen-bond acceptors (Lipinski definition) is 4. The minimum Gasteiger partial charge on any atom is -0.493 e. The summed E-state index contributed by atoms with van der Waals surface area (Å²) in [5.41, 5.74) is 3.52. The van der Waals surface area contributed by atoms with Gasteiger partial charge in [-0.15, -0.1) is 0 Å². The number of ether oxygens (including phenoxy) is 1. The maximum absolute atomic E-state index is 6.08. The third-order valence-corrected chi connectivity index (χ3v) is 5.76. The second kappa shape index (κ2) is 9.83. The lowest BCUT2D eigenvalue weighted by Crippen LogP contribution is -2.36. The van der Waals surface area contributed by atoms with E-state index in [9.17, 15) is 0 Å². The second-order valence-corrected chi connectivity index (χ2v) is 8.36. The minimum atomic E-state index is 0.673. The number of pyridine rings is 1. The SMILES string of the molecule is CN=C(NCc1ccc(N2CCCC2)nc1)NCc1ccc(C)cc1OCC1CC1. The highest BCUT2D eigenvalue weighted by atomic mass is 16.5. The highest BCUT2D eigenvalue weighted by Crippen LogP contribution is 2.30. The number of aromatic nitrogens is 1. The van der Waals surface area contributed by atoms with Crippen molar-refractivity contribution < 1.29 is 4.74 Å². The zero-order chi connectivity index (χ0) is 20.8. The molecule has 2 fully saturated rings. The van der Waals surface area contributed by atoms with Crippen molar-refractivity contribution in [3.8, 4) is 5.75 Å². The average molecular weight is 408 g/mol. The lowest BCUT2D eigenvalue weighted by molar-refractivity contribution is 0.296. The Labute approximate surface area is 179 Å². The van der Waals surface area contributed by atoms with Crippen molar-refractivity contribution in [3.63, 3.8) is 0 Å². The first-order valence-electron chi connectivity index (χ1n) is 11.1. The number of hydrogen-bond donors (Lipinski definition) is 2. The lowest BCUT2D eigenvalue weighted by atomic mass is 10.1. The van der Waals surface area contributed by atoms with Crippen molar-refractivity contribution >= 4 is 11.8 Å². The lowest BCUT2D eigenvalue weighted by Gasteiger charge is -2.17. The quantitative estimate of drug-likeness (QED) is 0.517. The van der Waals surface area contributed by atoms with E-state index in [1.165, 1.54) is 31.2 Å². The summed E-state index contributed by atoms with van der Waals surface area (Å²) in [5, 5.41) is 6.79. The summed E-state index contributed by atoms with van der Waals surface area (Å²) in [6, 6.07) is 10.7. The molecule has 1 saturated carbocycles. The van der Waals surface area contributed by atoms with E-state index in [0.29, 0.717) is 13.1 Å². The first kappa shape index (κ1) is 20.5. The van der Waals surface area contributed by atoms with E-state index in [0.717, 1.165) is 54.3 Å². The molecule has 1 aromatic heterocycles. The van der Waals surface area contributed by atoms with Crippen LogP contribution in [0.25, 0.3) is 0 Å². The summed E-state index contributed by atoms with van der Waals surface area (Å²) in [7, 11) is 1.80. The Morgan fingerprint density at radius 3 is 2.63 bits per heavy atom. The maximum Gasteiger partial charge on any atom is 0.191 e. The zero-order valence-corrected chi connectivity index (χ0v) is 18.2. The number of nitrogens with zero attached hydrogens (tertiary/aromatic N) is 3. The highest BCUT2D eigenvalue weighted by Gasteiger charge is 2.22. The first-order valence-corrected chi connectivity index (χ1v) is 11.1. The standard InChI is InChI=1S/C24H33N5O/c1-18-5-9-21(22(13-18)30-17-19-6-7-19)16-28-24(25-2)27-15-20-8-10-23(26-14-20)29-11-3-4-12-29/h5,8-10,13-14,19H,3-4,6-7,11-12,15-17H2,1-2H3,(H2,25,27,28). The van der Waals surface area contributed by atoms with Gasteiger partial charge in [0.25, 0.3) is 0 Å². The van der Waals surface area contributed by atoms with Crippen LogP contribution in [0.15, 0.2) is 41.5 Å². The molecule has 2 N–H and O–H groups in total. The molecule has 2 heterocycles. The van der Waals surface area contributed by atoms with Crippen molar-refractivity contribution in [2.75, 3.05) is 31.6 Å². The molecule has 1 aliphatic heterocycles. The minimum absolute atomic E-state index is 0.673. The Morgan fingerprint density at radius 1 is 1.13 bits per heavy atom. The van der Waals surface area contributed by atoms with Gasteiger partial charge in [-0.1, -0.05) is 18.2 Å². The molecule has 30 heavy (non-hydrogen) atoms. The Kier molecular flexibility index (Phi) is 6.72. The monoisotopic (exact) mass is 407 g/mol. The fourth-order valence-electron chi connectivity index (χ4n) is 3.67. The molecule has 1 saturated heterocycles. The largest absolute Gasteiger partial charge is 0.493 e. The number of nitrogens with one attached hydrogen (secondary N) is 2. The average Bonchev–Trinajstić information content (AvgIpc) is 3.44. The van der Waals surface area contributed by atoms with Crippen molar-refractivity contribution in [1.29, 1.82) is 0 Å². The molecule has 0 amide bonds. The molecule has 6 heteroatoms. The van der Waals surface area contributed by atoms with Gasteiger partial charge in [-0.3, -0.25) is 4.99 Å². The smallest absolute Gasteiger partial charge is 0.191 e. The normalized spacial score (nSPS) is 16.6. The van der Waals surface area contributed by atoms with Crippen LogP contribution in [0.4, 0.5) is 5.82 Å². The summed E-state index contributed by atoms with van der Waals surface area (Å²) in [4.78, 5) is 11.3. The van der Waals surface area contributed by atoms with Gasteiger partial charge in [0, 0.05) is 45.0 Å². The van der Waals surface area contributed by atoms with Crippen LogP contribution in [0.2, 0.25) is 0 Å². The molecule has 2 aliphatic rings. The Hall–Kier alpha value is -2.76. The van der Waals surface area contributed by atoms with Crippen LogP contribution in [0.5, 0.6) is 5.75 Å². The fourth-order valence-corrected chi connectivity index (χ4v) is 3.67. The molecule has 0 unspecified atom stereocenters. The van der Waals surface area contributed by atoms with Gasteiger partial charge >= 0.3 is 0 Å². The van der Waals surface area contributed by atoms with Crippen molar-refractivity contribution in [2.45, 2.75) is 45.7 Å². The van der Waals surface area contributed by atoms with Crippen LogP contribution >= 0.6 is 0 Å². The Bertz CT molecular complexity index is 854. The van der Waals surface area contributed by atoms with Crippen molar-refractivity contribution in [2.24, 2.45) is 10.9 Å². The van der Waals surface area contributed by atoms with E-state index >= 15 is 0 Å². The predicted octanol–water partition coefficient (Wildman–Crippen LogP) is 3.64. The summed E-state index contributed by atoms with van der Waals surface area (Å²) >= 11 is 0. The van der Waals surface area contributed by atoms with Crippen LogP contribution in [0.3, 0.4) is 0 Å². The van der Waals surface area contributed by atoms with E-state index in [1.54, 1.807) is 7.05 Å². The van der Waals surface area contributed by atoms with Crippen LogP contribution in [0, 0.1) is 12.8 Å². The number of aliphatic imine (C=N–C) groups is 1. The molecule has 0 radical (unpaired) electrons. The third kappa shape index (κ3) is 5.65. The van der Waals surface area contributed by atoms with Crippen LogP contribution in [-0.2, 0) is 13.1 Å². The molecule has 1 aromatic carbocycles. The van der Waals surface area contributed by atoms with E-state index in [-0.39, 0.29) is 0 Å². The van der Waals surface area contributed by atoms with E-state index in [1.807, 2.05) is 6.20 Å². The first-order chi connectivity index (χ1) is 14.7. The topological polar surface area (TPSA) is 61.8 Å². The fraction of sp³-hybridized carbons (Fsp3) is 0.500. The summed E-state index contributed by atoms with van der Waals surface area (Å²) < 4.78 is 6.08. The van der Waals surface area contributed by atoms with Gasteiger partial charge in [0.05, 0.1) is 6.61 Å². The molecule has 160 valence electrons. The highest BCUT2D eigenvalue weighted by molar-refractivity contribution is 5.79. The Balaban J connectivity index is 1.28. The van der Waals surface area contributed by atoms with Crippen molar-refractivity contribution in [3.05, 3.63) is 53.2 Å². The maximum atomic E-state index is 6.08. The van der Waals surface area contributed by atoms with Gasteiger partial charge in [-0.2, -0.15) is 0 Å². The van der Waals surface area contributed by atoms with Gasteiger partial charge in [0.1, 0.15) is 11.6 Å². The van der Waals surface area contributed by atoms with E-state index in [4.69, 9.17) is 4.74 Å². The number of aryl methyl sites for hydroxylation is 1. The molecule has 4 rings (SSSR count). The molecule has 6 nitrogen and oxygen atoms in total. The number of benzene rings is 1. The molecule has 2 aromatic rings. The molecule has 0 atom stereocenters. The van der Waals surface area contributed by atoms with Gasteiger partial charge in [-0.25, -0.2) is 4.98 Å². The molecular weight excluding hydrogens is 374 g/mol. The number of rotatable bonds is 8. The summed E-state index contributed by atoms with van der Waals surface area (Å²) in [5.74, 6) is 3.57. The Morgan fingerprint density at radius 2 is 1.93 bits per heavy atom. The van der Waals surface area contributed by atoms with Gasteiger partial charge in [0.15, 0.2) is 5.96 Å².